The summed E-state index contributed by atoms with van der Waals surface area (Å²) in [5, 5.41) is 4.97. The molecule has 112 valence electrons. The van der Waals surface area contributed by atoms with E-state index < -0.39 is 25.0 Å². The molecule has 0 aliphatic heterocycles. The summed E-state index contributed by atoms with van der Waals surface area (Å²) in [5.41, 5.74) is 1.59. The highest BCUT2D eigenvalue weighted by Gasteiger charge is 2.26. The Balaban J connectivity index is 1.97. The standard InChI is InChI=1S/C13H12F3N3OS/c1-8-19-11(7-21-8)9-2-3-10(18-6-9)12(20)17-5-4-13(14,15)16/h2-3,6-7H,4-5H2,1H3,(H,17,20). The number of nitrogens with zero attached hydrogens (tertiary/aromatic N) is 2. The first-order valence-electron chi connectivity index (χ1n) is 6.09. The zero-order valence-corrected chi connectivity index (χ0v) is 11.9. The maximum Gasteiger partial charge on any atom is 0.390 e. The summed E-state index contributed by atoms with van der Waals surface area (Å²) in [6.07, 6.45) is -3.87. The first-order chi connectivity index (χ1) is 9.85. The van der Waals surface area contributed by atoms with Crippen LogP contribution in [-0.2, 0) is 0 Å². The molecule has 0 unspecified atom stereocenters. The zero-order valence-electron chi connectivity index (χ0n) is 11.1. The average Bonchev–Trinajstić information content (AvgIpc) is 2.84. The largest absolute Gasteiger partial charge is 0.390 e. The van der Waals surface area contributed by atoms with E-state index in [-0.39, 0.29) is 5.69 Å². The summed E-state index contributed by atoms with van der Waals surface area (Å²) in [4.78, 5) is 19.9. The van der Waals surface area contributed by atoms with Crippen LogP contribution in [0.1, 0.15) is 21.9 Å². The summed E-state index contributed by atoms with van der Waals surface area (Å²) < 4.78 is 35.9. The first-order valence-corrected chi connectivity index (χ1v) is 6.96. The number of hydrogen-bond donors (Lipinski definition) is 1. The molecule has 0 spiro atoms. The van der Waals surface area contributed by atoms with Crippen molar-refractivity contribution in [2.24, 2.45) is 0 Å². The number of hydrogen-bond acceptors (Lipinski definition) is 4. The number of aryl methyl sites for hydroxylation is 1. The lowest BCUT2D eigenvalue weighted by Crippen LogP contribution is -2.28. The first kappa shape index (κ1) is 15.4. The van der Waals surface area contributed by atoms with Gasteiger partial charge in [0.2, 0.25) is 0 Å². The zero-order chi connectivity index (χ0) is 15.5. The molecule has 0 saturated carbocycles. The van der Waals surface area contributed by atoms with Crippen molar-refractivity contribution >= 4 is 17.2 Å². The maximum atomic E-state index is 12.0. The van der Waals surface area contributed by atoms with Crippen molar-refractivity contribution in [1.82, 2.24) is 15.3 Å². The third-order valence-electron chi connectivity index (χ3n) is 2.60. The lowest BCUT2D eigenvalue weighted by Gasteiger charge is -2.07. The summed E-state index contributed by atoms with van der Waals surface area (Å²) >= 11 is 1.50. The lowest BCUT2D eigenvalue weighted by molar-refractivity contribution is -0.132. The van der Waals surface area contributed by atoms with E-state index in [9.17, 15) is 18.0 Å². The molecule has 2 rings (SSSR count). The molecule has 4 nitrogen and oxygen atoms in total. The topological polar surface area (TPSA) is 54.9 Å². The number of carbonyl (C=O) groups is 1. The number of thiazole rings is 1. The van der Waals surface area contributed by atoms with E-state index in [0.29, 0.717) is 0 Å². The Morgan fingerprint density at radius 1 is 1.38 bits per heavy atom. The van der Waals surface area contributed by atoms with Crippen LogP contribution >= 0.6 is 11.3 Å². The highest BCUT2D eigenvalue weighted by molar-refractivity contribution is 7.09. The second-order valence-corrected chi connectivity index (χ2v) is 5.37. The molecule has 0 fully saturated rings. The van der Waals surface area contributed by atoms with Gasteiger partial charge in [0.1, 0.15) is 5.69 Å². The van der Waals surface area contributed by atoms with E-state index in [1.807, 2.05) is 12.3 Å². The van der Waals surface area contributed by atoms with Gasteiger partial charge in [0, 0.05) is 23.7 Å². The van der Waals surface area contributed by atoms with Crippen molar-refractivity contribution in [1.29, 1.82) is 0 Å². The normalized spacial score (nSPS) is 11.4. The molecular weight excluding hydrogens is 303 g/mol. The van der Waals surface area contributed by atoms with Gasteiger partial charge in [0.15, 0.2) is 0 Å². The molecule has 0 radical (unpaired) electrons. The van der Waals surface area contributed by atoms with Crippen molar-refractivity contribution in [3.8, 4) is 11.3 Å². The van der Waals surface area contributed by atoms with Crippen molar-refractivity contribution in [2.75, 3.05) is 6.54 Å². The predicted molar refractivity (Wildman–Crippen MR) is 73.1 cm³/mol. The van der Waals surface area contributed by atoms with Crippen molar-refractivity contribution in [2.45, 2.75) is 19.5 Å². The highest BCUT2D eigenvalue weighted by atomic mass is 32.1. The van der Waals surface area contributed by atoms with E-state index in [0.717, 1.165) is 16.3 Å². The number of nitrogens with one attached hydrogen (secondary N) is 1. The summed E-state index contributed by atoms with van der Waals surface area (Å²) in [6, 6.07) is 3.13. The van der Waals surface area contributed by atoms with Gasteiger partial charge in [0.25, 0.3) is 5.91 Å². The van der Waals surface area contributed by atoms with Crippen LogP contribution in [0.15, 0.2) is 23.7 Å². The second kappa shape index (κ2) is 6.21. The molecule has 2 aromatic heterocycles. The molecule has 0 aromatic carbocycles. The molecule has 1 N–H and O–H groups in total. The summed E-state index contributed by atoms with van der Waals surface area (Å²) in [5.74, 6) is -0.625. The van der Waals surface area contributed by atoms with Gasteiger partial charge < -0.3 is 5.32 Å². The third kappa shape index (κ3) is 4.52. The number of rotatable bonds is 4. The van der Waals surface area contributed by atoms with Gasteiger partial charge >= 0.3 is 6.18 Å². The van der Waals surface area contributed by atoms with Gasteiger partial charge in [-0.3, -0.25) is 9.78 Å². The molecule has 21 heavy (non-hydrogen) atoms. The Hall–Kier alpha value is -1.96. The minimum Gasteiger partial charge on any atom is -0.350 e. The molecule has 0 aliphatic rings. The Morgan fingerprint density at radius 3 is 2.67 bits per heavy atom. The van der Waals surface area contributed by atoms with Crippen LogP contribution in [0, 0.1) is 6.92 Å². The van der Waals surface area contributed by atoms with Crippen LogP contribution in [0.5, 0.6) is 0 Å². The molecule has 8 heteroatoms. The summed E-state index contributed by atoms with van der Waals surface area (Å²) in [7, 11) is 0. The van der Waals surface area contributed by atoms with Crippen LogP contribution < -0.4 is 5.32 Å². The fourth-order valence-corrected chi connectivity index (χ4v) is 2.21. The molecule has 0 aliphatic carbocycles. The van der Waals surface area contributed by atoms with Gasteiger partial charge in [-0.05, 0) is 19.1 Å². The van der Waals surface area contributed by atoms with Crippen LogP contribution in [0.25, 0.3) is 11.3 Å². The quantitative estimate of drug-likeness (QED) is 0.942. The number of aromatic nitrogens is 2. The fraction of sp³-hybridized carbons (Fsp3) is 0.308. The Labute approximate surface area is 123 Å². The smallest absolute Gasteiger partial charge is 0.350 e. The molecule has 0 atom stereocenters. The lowest BCUT2D eigenvalue weighted by atomic mass is 10.2. The SMILES string of the molecule is Cc1nc(-c2ccc(C(=O)NCCC(F)(F)F)nc2)cs1. The maximum absolute atomic E-state index is 12.0. The van der Waals surface area contributed by atoms with Gasteiger partial charge in [-0.1, -0.05) is 0 Å². The minimum atomic E-state index is -4.28. The highest BCUT2D eigenvalue weighted by Crippen LogP contribution is 2.21. The van der Waals surface area contributed by atoms with E-state index in [2.05, 4.69) is 15.3 Å². The molecule has 2 aromatic rings. The van der Waals surface area contributed by atoms with E-state index in [4.69, 9.17) is 0 Å². The molecule has 1 amide bonds. The van der Waals surface area contributed by atoms with Crippen LogP contribution in [0.3, 0.4) is 0 Å². The Morgan fingerprint density at radius 2 is 2.14 bits per heavy atom. The minimum absolute atomic E-state index is 0.0767. The number of halogens is 3. The van der Waals surface area contributed by atoms with Crippen molar-refractivity contribution in [3.63, 3.8) is 0 Å². The molecule has 0 saturated heterocycles. The Kier molecular flexibility index (Phi) is 4.56. The summed E-state index contributed by atoms with van der Waals surface area (Å²) in [6.45, 7) is 1.42. The van der Waals surface area contributed by atoms with E-state index in [1.165, 1.54) is 23.6 Å². The van der Waals surface area contributed by atoms with E-state index >= 15 is 0 Å². The van der Waals surface area contributed by atoms with Crippen LogP contribution in [-0.4, -0.2) is 28.6 Å². The monoisotopic (exact) mass is 315 g/mol. The molecule has 0 bridgehead atoms. The molecular formula is C13H12F3N3OS. The van der Waals surface area contributed by atoms with Gasteiger partial charge in [-0.25, -0.2) is 4.98 Å². The number of amides is 1. The third-order valence-corrected chi connectivity index (χ3v) is 3.38. The Bertz CT molecular complexity index is 622. The fourth-order valence-electron chi connectivity index (χ4n) is 1.58. The molecule has 2 heterocycles. The van der Waals surface area contributed by atoms with Gasteiger partial charge in [-0.15, -0.1) is 11.3 Å². The van der Waals surface area contributed by atoms with Crippen molar-refractivity contribution < 1.29 is 18.0 Å². The van der Waals surface area contributed by atoms with Gasteiger partial charge in [-0.2, -0.15) is 13.2 Å². The van der Waals surface area contributed by atoms with Crippen molar-refractivity contribution in [3.05, 3.63) is 34.4 Å². The number of carbonyl (C=O) groups excluding carboxylic acids is 1. The van der Waals surface area contributed by atoms with E-state index in [1.54, 1.807) is 6.07 Å². The van der Waals surface area contributed by atoms with Crippen LogP contribution in [0.4, 0.5) is 13.2 Å². The average molecular weight is 315 g/mol. The number of alkyl halides is 3. The van der Waals surface area contributed by atoms with Gasteiger partial charge in [0.05, 0.1) is 17.1 Å². The second-order valence-electron chi connectivity index (χ2n) is 4.30. The number of pyridine rings is 1. The van der Waals surface area contributed by atoms with Crippen LogP contribution in [0.2, 0.25) is 0 Å². The predicted octanol–water partition coefficient (Wildman–Crippen LogP) is 3.20.